The summed E-state index contributed by atoms with van der Waals surface area (Å²) in [6.07, 6.45) is 5.43. The van der Waals surface area contributed by atoms with Gasteiger partial charge in [-0.15, -0.1) is 0 Å². The molecule has 0 amide bonds. The number of aromatic nitrogens is 1. The van der Waals surface area contributed by atoms with Gasteiger partial charge in [-0.25, -0.2) is 4.39 Å². The molecule has 2 aliphatic rings. The smallest absolute Gasteiger partial charge is 0.398 e. The number of para-hydroxylation sites is 1. The summed E-state index contributed by atoms with van der Waals surface area (Å²) in [7, 11) is -0.948. The number of hydrogen-bond acceptors (Lipinski definition) is 2. The molecule has 1 saturated carbocycles. The average molecular weight is 362 g/mol. The largest absolute Gasteiger partial charge is 0.524 e. The first-order valence-corrected chi connectivity index (χ1v) is 9.03. The van der Waals surface area contributed by atoms with Crippen molar-refractivity contribution in [3.63, 3.8) is 0 Å². The number of H-pyrrole nitrogens is 1. The average Bonchev–Trinajstić information content (AvgIpc) is 3.07. The van der Waals surface area contributed by atoms with Crippen LogP contribution in [0.2, 0.25) is 5.02 Å². The predicted octanol–water partition coefficient (Wildman–Crippen LogP) is 5.34. The first-order valence-electron chi connectivity index (χ1n) is 8.65. The molecular weight excluding hydrogens is 339 g/mol. The van der Waals surface area contributed by atoms with E-state index in [2.05, 4.69) is 4.98 Å². The summed E-state index contributed by atoms with van der Waals surface area (Å²) in [5, 5.41) is 1.72. The van der Waals surface area contributed by atoms with Crippen LogP contribution < -0.4 is 0 Å². The maximum atomic E-state index is 15.0. The van der Waals surface area contributed by atoms with Crippen molar-refractivity contribution in [1.82, 2.24) is 4.98 Å². The van der Waals surface area contributed by atoms with E-state index >= 15 is 0 Å². The van der Waals surface area contributed by atoms with E-state index < -0.39 is 18.3 Å². The highest BCUT2D eigenvalue weighted by Crippen LogP contribution is 2.53. The van der Waals surface area contributed by atoms with Gasteiger partial charge in [0.05, 0.1) is 21.7 Å². The van der Waals surface area contributed by atoms with Gasteiger partial charge in [-0.3, -0.25) is 0 Å². The Morgan fingerprint density at radius 1 is 1.20 bits per heavy atom. The summed E-state index contributed by atoms with van der Waals surface area (Å²) in [5.41, 5.74) is 0.220. The maximum Gasteiger partial charge on any atom is 0.524 e. The molecule has 1 N–H and O–H groups in total. The van der Waals surface area contributed by atoms with Crippen molar-refractivity contribution in [2.24, 2.45) is 0 Å². The van der Waals surface area contributed by atoms with Gasteiger partial charge in [-0.05, 0) is 58.2 Å². The van der Waals surface area contributed by atoms with Crippen LogP contribution in [0.1, 0.15) is 46.1 Å². The lowest BCUT2D eigenvalue weighted by Gasteiger charge is -2.32. The van der Waals surface area contributed by atoms with Gasteiger partial charge in [0.25, 0.3) is 0 Å². The van der Waals surface area contributed by atoms with Gasteiger partial charge >= 0.3 is 7.12 Å². The van der Waals surface area contributed by atoms with E-state index in [-0.39, 0.29) is 11.1 Å². The molecule has 1 aromatic heterocycles. The van der Waals surface area contributed by atoms with E-state index in [4.69, 9.17) is 20.9 Å². The molecule has 0 bridgehead atoms. The van der Waals surface area contributed by atoms with E-state index in [0.717, 1.165) is 29.3 Å². The van der Waals surface area contributed by atoms with Crippen LogP contribution in [0.3, 0.4) is 0 Å². The molecule has 0 radical (unpaired) electrons. The number of fused-ring (bicyclic) bond motifs is 1. The zero-order valence-corrected chi connectivity index (χ0v) is 15.7. The molecule has 2 aromatic rings. The molecule has 1 aromatic carbocycles. The molecule has 0 unspecified atom stereocenters. The van der Waals surface area contributed by atoms with Crippen LogP contribution in [0.25, 0.3) is 10.9 Å². The van der Waals surface area contributed by atoms with Crippen molar-refractivity contribution in [3.8, 4) is 0 Å². The number of halogens is 2. The van der Waals surface area contributed by atoms with E-state index in [0.29, 0.717) is 5.02 Å². The van der Waals surface area contributed by atoms with Gasteiger partial charge in [0, 0.05) is 17.0 Å². The minimum atomic E-state index is -0.948. The number of benzene rings is 1. The first kappa shape index (κ1) is 17.1. The van der Waals surface area contributed by atoms with Crippen molar-refractivity contribution in [2.75, 3.05) is 0 Å². The molecule has 4 rings (SSSR count). The summed E-state index contributed by atoms with van der Waals surface area (Å²) in [6, 6.07) is 5.80. The van der Waals surface area contributed by atoms with Gasteiger partial charge in [0.15, 0.2) is 0 Å². The number of allylic oxidation sites excluding steroid dienone is 1. The van der Waals surface area contributed by atoms with E-state index in [1.807, 2.05) is 52.1 Å². The van der Waals surface area contributed by atoms with Crippen LogP contribution in [-0.2, 0) is 14.7 Å². The molecule has 132 valence electrons. The fourth-order valence-electron chi connectivity index (χ4n) is 3.44. The fraction of sp³-hybridized carbons (Fsp3) is 0.474. The molecule has 2 fully saturated rings. The molecule has 1 saturated heterocycles. The Morgan fingerprint density at radius 3 is 2.44 bits per heavy atom. The Balaban J connectivity index is 1.68. The van der Waals surface area contributed by atoms with Crippen LogP contribution in [0.5, 0.6) is 0 Å². The fourth-order valence-corrected chi connectivity index (χ4v) is 3.67. The molecule has 1 aliphatic heterocycles. The number of nitrogens with one attached hydrogen (secondary N) is 1. The van der Waals surface area contributed by atoms with Crippen molar-refractivity contribution >= 4 is 29.6 Å². The van der Waals surface area contributed by atoms with Crippen molar-refractivity contribution in [2.45, 2.75) is 57.2 Å². The Labute approximate surface area is 152 Å². The maximum absolute atomic E-state index is 15.0. The lowest BCUT2D eigenvalue weighted by Crippen LogP contribution is -2.41. The minimum absolute atomic E-state index is 0.309. The quantitative estimate of drug-likeness (QED) is 0.749. The SMILES string of the molecule is CC1(C)OB(C(F)=CC2(c3c[nH]c4c(Cl)cccc34)CC2)OC1(C)C. The zero-order chi connectivity index (χ0) is 18.0. The van der Waals surface area contributed by atoms with Gasteiger partial charge in [-0.2, -0.15) is 0 Å². The third-order valence-electron chi connectivity index (χ3n) is 5.88. The number of hydrogen-bond donors (Lipinski definition) is 1. The van der Waals surface area contributed by atoms with Crippen LogP contribution in [0.15, 0.2) is 36.2 Å². The second kappa shape index (κ2) is 5.35. The van der Waals surface area contributed by atoms with Crippen molar-refractivity contribution < 1.29 is 13.7 Å². The van der Waals surface area contributed by atoms with Crippen molar-refractivity contribution in [1.29, 1.82) is 0 Å². The van der Waals surface area contributed by atoms with E-state index in [9.17, 15) is 4.39 Å². The molecule has 0 atom stereocenters. The molecule has 2 heterocycles. The lowest BCUT2D eigenvalue weighted by atomic mass is 9.83. The van der Waals surface area contributed by atoms with Crippen molar-refractivity contribution in [3.05, 3.63) is 46.8 Å². The summed E-state index contributed by atoms with van der Waals surface area (Å²) in [5.74, 6) is 0. The summed E-state index contributed by atoms with van der Waals surface area (Å²) in [6.45, 7) is 7.70. The molecule has 6 heteroatoms. The topological polar surface area (TPSA) is 34.2 Å². The van der Waals surface area contributed by atoms with Gasteiger partial charge in [0.2, 0.25) is 0 Å². The van der Waals surface area contributed by atoms with Crippen LogP contribution in [-0.4, -0.2) is 23.3 Å². The second-order valence-electron chi connectivity index (χ2n) is 8.14. The summed E-state index contributed by atoms with van der Waals surface area (Å²) < 4.78 is 26.6. The molecule has 1 aliphatic carbocycles. The predicted molar refractivity (Wildman–Crippen MR) is 99.5 cm³/mol. The number of aromatic amines is 1. The Morgan fingerprint density at radius 2 is 1.84 bits per heavy atom. The highest BCUT2D eigenvalue weighted by atomic mass is 35.5. The van der Waals surface area contributed by atoms with E-state index in [1.165, 1.54) is 0 Å². The van der Waals surface area contributed by atoms with Crippen LogP contribution in [0.4, 0.5) is 4.39 Å². The minimum Gasteiger partial charge on any atom is -0.398 e. The lowest BCUT2D eigenvalue weighted by molar-refractivity contribution is 0.00578. The molecular formula is C19H22BClFNO2. The monoisotopic (exact) mass is 361 g/mol. The third kappa shape index (κ3) is 2.64. The highest BCUT2D eigenvalue weighted by Gasteiger charge is 2.54. The second-order valence-corrected chi connectivity index (χ2v) is 8.55. The Hall–Kier alpha value is -1.30. The van der Waals surface area contributed by atoms with Crippen LogP contribution >= 0.6 is 11.6 Å². The standard InChI is InChI=1S/C19H22BClFNO2/c1-17(2)18(3,4)25-20(24-17)15(22)10-19(8-9-19)13-11-23-16-12(13)6-5-7-14(16)21/h5-7,10-11,23H,8-9H2,1-4H3. The Bertz CT molecular complexity index is 853. The highest BCUT2D eigenvalue weighted by molar-refractivity contribution is 6.53. The van der Waals surface area contributed by atoms with Gasteiger partial charge in [-0.1, -0.05) is 23.7 Å². The molecule has 25 heavy (non-hydrogen) atoms. The summed E-state index contributed by atoms with van der Waals surface area (Å²) in [4.78, 5) is 3.23. The van der Waals surface area contributed by atoms with Gasteiger partial charge in [0.1, 0.15) is 5.73 Å². The third-order valence-corrected chi connectivity index (χ3v) is 6.20. The molecule has 0 spiro atoms. The first-order chi connectivity index (χ1) is 11.7. The molecule has 3 nitrogen and oxygen atoms in total. The summed E-state index contributed by atoms with van der Waals surface area (Å²) >= 11 is 6.25. The van der Waals surface area contributed by atoms with Crippen LogP contribution in [0, 0.1) is 0 Å². The normalized spacial score (nSPS) is 24.1. The van der Waals surface area contributed by atoms with E-state index in [1.54, 1.807) is 6.08 Å². The van der Waals surface area contributed by atoms with Gasteiger partial charge < -0.3 is 14.3 Å². The Kier molecular flexibility index (Phi) is 3.67. The number of rotatable bonds is 3. The zero-order valence-electron chi connectivity index (χ0n) is 15.0.